The second-order valence-corrected chi connectivity index (χ2v) is 38.4. The van der Waals surface area contributed by atoms with E-state index in [2.05, 4.69) is 107 Å². The molecule has 8 amide bonds. The van der Waals surface area contributed by atoms with Crippen molar-refractivity contribution >= 4 is 105 Å². The number of ether oxygens (including phenoxy) is 1. The summed E-state index contributed by atoms with van der Waals surface area (Å²) in [6.07, 6.45) is 22.1. The number of amides is 8. The number of rotatable bonds is 20. The lowest BCUT2D eigenvalue weighted by atomic mass is 9.84. The highest BCUT2D eigenvalue weighted by Gasteiger charge is 2.42. The highest BCUT2D eigenvalue weighted by molar-refractivity contribution is 6.30. The molecule has 8 aliphatic rings. The van der Waals surface area contributed by atoms with Crippen LogP contribution in [0.4, 0.5) is 22.7 Å². The van der Waals surface area contributed by atoms with Crippen molar-refractivity contribution in [1.29, 1.82) is 0 Å². The molecule has 26 heteroatoms. The number of aromatic nitrogens is 3. The van der Waals surface area contributed by atoms with Gasteiger partial charge in [-0.1, -0.05) is 101 Å². The number of aromatic amines is 1. The maximum atomic E-state index is 13.1. The van der Waals surface area contributed by atoms with Gasteiger partial charge in [-0.15, -0.1) is 0 Å². The second kappa shape index (κ2) is 45.0. The average Bonchev–Trinajstić information content (AvgIpc) is 1.64. The summed E-state index contributed by atoms with van der Waals surface area (Å²) in [7, 11) is 0. The van der Waals surface area contributed by atoms with Gasteiger partial charge < -0.3 is 50.6 Å². The van der Waals surface area contributed by atoms with E-state index in [1.54, 1.807) is 30.6 Å². The Balaban J connectivity index is 0.000000150. The van der Waals surface area contributed by atoms with E-state index in [-0.39, 0.29) is 125 Å². The standard InChI is InChI=1S/C30H39N3O3.C26H32N4O2.C25H29ClN4O2.C25H30N4O3/c1-5-16-36-19-22-8-11-25-18-28(32-30(35)23-9-6-21(4)7-10-23)33(27(25)17-22)26-14-12-24(13-15-26)29(34)31-20(2)3;1-16(2)28-25(31)20-9-11-22(12-10-20)30-23-13-18(4)27-15-21(23)14-24(30)29-26(32)19-7-5-17(3)6-8-19;1-15(2)28-24(31)18-8-10-20(11-9-18)30-21-13-22(26)27-14-19(21)12-23(30)29-25(32)17-6-4-16(3)5-7-17;1-15(2)27-24(31)18-8-10-20(11-9-18)29-21-13-23(30)26-14-19(21)12-22(29)28-25(32)17-6-4-16(3)5-7-17/h6-11,17,20,24,26H,5,12-16,18-19H2,1-4H3,(H,31,34);5-8,13,15-16,20,22H,9-12,14H2,1-4H3,(H,28,31);4-7,13-15,18,20H,8-12H2,1-3H3,(H,28,31);4-7,13-15,18,20H,8-12H2,1-3H3,(H,26,30)(H,27,31). The molecule has 0 saturated heterocycles. The zero-order valence-electron chi connectivity index (χ0n) is 79.1. The van der Waals surface area contributed by atoms with Crippen LogP contribution >= 0.6 is 11.6 Å². The summed E-state index contributed by atoms with van der Waals surface area (Å²) in [4.78, 5) is 152. The first-order valence-electron chi connectivity index (χ1n) is 47.4. The Morgan fingerprint density at radius 2 is 0.682 bits per heavy atom. The molecule has 4 fully saturated rings. The monoisotopic (exact) mass is 1810 g/mol. The van der Waals surface area contributed by atoms with Crippen molar-refractivity contribution in [3.63, 3.8) is 0 Å². The minimum absolute atomic E-state index is 0.00415. The minimum Gasteiger partial charge on any atom is -0.377 e. The number of hydrogen-bond donors (Lipinski definition) is 5. The van der Waals surface area contributed by atoms with E-state index in [9.17, 15) is 43.2 Å². The number of carbonyl (C=O) groups is 8. The molecule has 4 aliphatic carbocycles. The van der Waals surface area contributed by atoms with Crippen LogP contribution in [-0.2, 0) is 56.2 Å². The van der Waals surface area contributed by atoms with Crippen LogP contribution in [0.2, 0.25) is 5.15 Å². The molecule has 132 heavy (non-hydrogen) atoms. The number of aliphatic imine (C=N–C) groups is 4. The van der Waals surface area contributed by atoms with Crippen molar-refractivity contribution < 1.29 is 43.1 Å². The van der Waals surface area contributed by atoms with Crippen LogP contribution in [0.1, 0.15) is 269 Å². The summed E-state index contributed by atoms with van der Waals surface area (Å²) < 4.78 is 5.79. The molecule has 0 unspecified atom stereocenters. The van der Waals surface area contributed by atoms with Crippen LogP contribution < -0.4 is 46.4 Å². The molecule has 16 rings (SSSR count). The number of nitrogens with zero attached hydrogens (tertiary/aromatic N) is 10. The first-order chi connectivity index (χ1) is 63.3. The van der Waals surface area contributed by atoms with E-state index in [0.29, 0.717) is 65.5 Å². The largest absolute Gasteiger partial charge is 0.377 e. The van der Waals surface area contributed by atoms with Gasteiger partial charge in [-0.2, -0.15) is 20.0 Å². The molecule has 5 aromatic carbocycles. The summed E-state index contributed by atoms with van der Waals surface area (Å²) in [5.74, 6) is 2.73. The normalized spacial score (nSPS) is 21.4. The molecule has 0 atom stereocenters. The second-order valence-electron chi connectivity index (χ2n) is 38.0. The minimum atomic E-state index is -0.283. The van der Waals surface area contributed by atoms with Crippen molar-refractivity contribution in [2.24, 2.45) is 43.6 Å². The van der Waals surface area contributed by atoms with Crippen molar-refractivity contribution in [2.75, 3.05) is 26.2 Å². The van der Waals surface area contributed by atoms with E-state index >= 15 is 0 Å². The van der Waals surface area contributed by atoms with Crippen LogP contribution in [0, 0.1) is 58.3 Å². The Morgan fingerprint density at radius 3 is 1.01 bits per heavy atom. The maximum absolute atomic E-state index is 13.1. The molecular formula is C106H130ClN15O10. The van der Waals surface area contributed by atoms with Crippen LogP contribution in [0.25, 0.3) is 0 Å². The maximum Gasteiger partial charge on any atom is 0.278 e. The predicted octanol–water partition coefficient (Wildman–Crippen LogP) is 18.1. The Bertz CT molecular complexity index is 5480. The first-order valence-corrected chi connectivity index (χ1v) is 47.8. The number of pyridine rings is 3. The van der Waals surface area contributed by atoms with Gasteiger partial charge in [0.2, 0.25) is 29.2 Å². The van der Waals surface area contributed by atoms with Gasteiger partial charge in [0.1, 0.15) is 28.5 Å². The van der Waals surface area contributed by atoms with Gasteiger partial charge in [0.05, 0.1) is 18.0 Å². The van der Waals surface area contributed by atoms with Gasteiger partial charge in [-0.3, -0.25) is 48.1 Å². The van der Waals surface area contributed by atoms with Gasteiger partial charge in [0.25, 0.3) is 23.6 Å². The van der Waals surface area contributed by atoms with E-state index in [4.69, 9.17) is 16.3 Å². The summed E-state index contributed by atoms with van der Waals surface area (Å²) in [6.45, 7) is 29.3. The summed E-state index contributed by atoms with van der Waals surface area (Å²) >= 11 is 6.21. The van der Waals surface area contributed by atoms with Crippen LogP contribution in [0.3, 0.4) is 0 Å². The number of H-pyrrole nitrogens is 1. The summed E-state index contributed by atoms with van der Waals surface area (Å²) in [5.41, 5.74) is 16.9. The fourth-order valence-electron chi connectivity index (χ4n) is 19.1. The smallest absolute Gasteiger partial charge is 0.278 e. The van der Waals surface area contributed by atoms with E-state index < -0.39 is 0 Å². The topological polar surface area (TPSA) is 315 Å². The lowest BCUT2D eigenvalue weighted by Crippen LogP contribution is -2.44. The number of anilines is 4. The molecule has 25 nitrogen and oxygen atoms in total. The summed E-state index contributed by atoms with van der Waals surface area (Å²) in [5, 5.41) is 12.6. The van der Waals surface area contributed by atoms with E-state index in [0.717, 1.165) is 206 Å². The lowest BCUT2D eigenvalue weighted by molar-refractivity contribution is -0.127. The zero-order chi connectivity index (χ0) is 94.1. The number of nitrogens with one attached hydrogen (secondary N) is 5. The summed E-state index contributed by atoms with van der Waals surface area (Å²) in [6, 6.07) is 43.2. The van der Waals surface area contributed by atoms with Crippen molar-refractivity contribution in [3.05, 3.63) is 246 Å². The number of fused-ring (bicyclic) bond motifs is 4. The Labute approximate surface area is 781 Å². The fraction of sp³-hybridized carbons (Fsp3) is 0.462. The molecular weight excluding hydrogens is 1680 g/mol. The number of benzene rings is 5. The molecule has 5 N–H and O–H groups in total. The fourth-order valence-corrected chi connectivity index (χ4v) is 19.2. The van der Waals surface area contributed by atoms with Gasteiger partial charge in [0, 0.05) is 179 Å². The average molecular weight is 1810 g/mol. The number of aryl methyl sites for hydroxylation is 5. The van der Waals surface area contributed by atoms with Gasteiger partial charge in [-0.25, -0.2) is 4.98 Å². The molecule has 4 saturated carbocycles. The molecule has 696 valence electrons. The Morgan fingerprint density at radius 1 is 0.386 bits per heavy atom. The third-order valence-electron chi connectivity index (χ3n) is 25.9. The number of halogens is 1. The highest BCUT2D eigenvalue weighted by Crippen LogP contribution is 2.43. The Kier molecular flexibility index (Phi) is 33.2. The predicted molar refractivity (Wildman–Crippen MR) is 524 cm³/mol. The van der Waals surface area contributed by atoms with Crippen LogP contribution in [0.15, 0.2) is 177 Å². The van der Waals surface area contributed by atoms with Crippen LogP contribution in [0.5, 0.6) is 0 Å². The van der Waals surface area contributed by atoms with Crippen LogP contribution in [-0.4, -0.2) is 140 Å². The molecule has 8 aromatic rings. The van der Waals surface area contributed by atoms with Gasteiger partial charge in [0.15, 0.2) is 0 Å². The quantitative estimate of drug-likeness (QED) is 0.0350. The number of carbonyl (C=O) groups excluding carboxylic acids is 8. The number of hydrogen-bond acceptors (Lipinski definition) is 12. The molecule has 4 aliphatic heterocycles. The van der Waals surface area contributed by atoms with E-state index in [1.807, 2.05) is 187 Å². The molecule has 7 heterocycles. The van der Waals surface area contributed by atoms with Gasteiger partial charge >= 0.3 is 0 Å². The van der Waals surface area contributed by atoms with Crippen molar-refractivity contribution in [2.45, 2.75) is 287 Å². The van der Waals surface area contributed by atoms with Crippen molar-refractivity contribution in [1.82, 2.24) is 36.2 Å². The van der Waals surface area contributed by atoms with Crippen molar-refractivity contribution in [3.8, 4) is 0 Å². The van der Waals surface area contributed by atoms with Gasteiger partial charge in [-0.05, 0) is 283 Å². The first kappa shape index (κ1) is 97.6. The molecule has 0 spiro atoms. The zero-order valence-corrected chi connectivity index (χ0v) is 79.8. The lowest BCUT2D eigenvalue weighted by Gasteiger charge is -2.36. The molecule has 0 radical (unpaired) electrons. The van der Waals surface area contributed by atoms with E-state index in [1.165, 1.54) is 5.56 Å². The molecule has 0 bridgehead atoms. The molecule has 3 aromatic heterocycles. The third kappa shape index (κ3) is 25.3. The third-order valence-corrected chi connectivity index (χ3v) is 26.1. The highest BCUT2D eigenvalue weighted by atomic mass is 35.5. The number of amidine groups is 4. The SMILES string of the molecule is CCCOCc1ccc2c(c1)N(C1CCC(C(=O)NC(C)C)CC1)C(=NC(=O)c1ccc(C)cc1)C2.Cc1ccc(C(=O)N=C2Cc3c[nH]c(=O)cc3N2C2CCC(C(=O)NC(C)C)CC2)cc1.Cc1ccc(C(=O)N=C2Cc3cnc(C)cc3N2C2CCC(C(=O)NC(C)C)CC2)cc1.Cc1ccc(C(=O)N=C2Cc3cnc(Cl)cc3N2C2CCC(C(=O)NC(C)C)CC2)cc1. The Hall–Kier alpha value is -12.0.